The van der Waals surface area contributed by atoms with Crippen molar-refractivity contribution in [2.75, 3.05) is 13.2 Å². The van der Waals surface area contributed by atoms with Gasteiger partial charge in [0.05, 0.1) is 13.2 Å². The van der Waals surface area contributed by atoms with Crippen LogP contribution in [-0.4, -0.2) is 18.3 Å². The minimum absolute atomic E-state index is 0.0148. The lowest BCUT2D eigenvalue weighted by Crippen LogP contribution is -2.00. The van der Waals surface area contributed by atoms with Crippen LogP contribution in [0.2, 0.25) is 0 Å². The highest BCUT2D eigenvalue weighted by molar-refractivity contribution is 5.40. The lowest BCUT2D eigenvalue weighted by atomic mass is 10.1. The summed E-state index contributed by atoms with van der Waals surface area (Å²) in [6, 6.07) is 4.46. The largest absolute Gasteiger partial charge is 0.493 e. The first-order valence-corrected chi connectivity index (χ1v) is 6.65. The fourth-order valence-corrected chi connectivity index (χ4v) is 1.62. The van der Waals surface area contributed by atoms with E-state index >= 15 is 0 Å². The highest BCUT2D eigenvalue weighted by atomic mass is 19.1. The first kappa shape index (κ1) is 15.5. The van der Waals surface area contributed by atoms with Crippen LogP contribution in [0.4, 0.5) is 4.39 Å². The fourth-order valence-electron chi connectivity index (χ4n) is 1.62. The summed E-state index contributed by atoms with van der Waals surface area (Å²) in [6.45, 7) is 4.93. The molecule has 0 spiro atoms. The molecule has 1 aromatic rings. The summed E-state index contributed by atoms with van der Waals surface area (Å²) in [4.78, 5) is 0. The van der Waals surface area contributed by atoms with Gasteiger partial charge in [-0.1, -0.05) is 25.7 Å². The number of ether oxygens (including phenoxy) is 1. The summed E-state index contributed by atoms with van der Waals surface area (Å²) in [5.41, 5.74) is 0.576. The molecule has 1 N–H and O–H groups in total. The maximum atomic E-state index is 13.4. The van der Waals surface area contributed by atoms with Crippen molar-refractivity contribution in [1.82, 2.24) is 0 Å². The predicted molar refractivity (Wildman–Crippen MR) is 74.5 cm³/mol. The van der Waals surface area contributed by atoms with Crippen LogP contribution in [0.3, 0.4) is 0 Å². The molecule has 0 fully saturated rings. The van der Waals surface area contributed by atoms with Crippen LogP contribution in [0.15, 0.2) is 18.2 Å². The van der Waals surface area contributed by atoms with Crippen LogP contribution >= 0.6 is 0 Å². The number of aliphatic hydroxyl groups excluding tert-OH is 1. The van der Waals surface area contributed by atoms with E-state index in [1.54, 1.807) is 6.07 Å². The van der Waals surface area contributed by atoms with Gasteiger partial charge < -0.3 is 9.84 Å². The van der Waals surface area contributed by atoms with Gasteiger partial charge in [-0.25, -0.2) is 4.39 Å². The van der Waals surface area contributed by atoms with Gasteiger partial charge in [0, 0.05) is 18.1 Å². The molecule has 0 heterocycles. The number of halogens is 1. The van der Waals surface area contributed by atoms with Gasteiger partial charge in [0.2, 0.25) is 0 Å². The third-order valence-electron chi connectivity index (χ3n) is 2.54. The van der Waals surface area contributed by atoms with E-state index in [4.69, 9.17) is 9.84 Å². The zero-order chi connectivity index (χ0) is 14.1. The van der Waals surface area contributed by atoms with Crippen LogP contribution in [0.5, 0.6) is 5.75 Å². The Morgan fingerprint density at radius 2 is 2.11 bits per heavy atom. The van der Waals surface area contributed by atoms with Gasteiger partial charge >= 0.3 is 0 Å². The lowest BCUT2D eigenvalue weighted by molar-refractivity contribution is 0.296. The van der Waals surface area contributed by atoms with Gasteiger partial charge in [-0.3, -0.25) is 0 Å². The van der Waals surface area contributed by atoms with E-state index in [-0.39, 0.29) is 12.4 Å². The molecule has 1 aromatic carbocycles. The zero-order valence-corrected chi connectivity index (χ0v) is 11.6. The second-order valence-corrected chi connectivity index (χ2v) is 4.84. The summed E-state index contributed by atoms with van der Waals surface area (Å²) < 4.78 is 18.9. The molecular formula is C16H21FO2. The van der Waals surface area contributed by atoms with Crippen LogP contribution in [0, 0.1) is 23.6 Å². The van der Waals surface area contributed by atoms with Crippen molar-refractivity contribution in [3.05, 3.63) is 29.6 Å². The van der Waals surface area contributed by atoms with Crippen LogP contribution in [-0.2, 0) is 0 Å². The van der Waals surface area contributed by atoms with Crippen molar-refractivity contribution in [1.29, 1.82) is 0 Å². The summed E-state index contributed by atoms with van der Waals surface area (Å²) in [6.07, 6.45) is 2.44. The molecule has 2 nitrogen and oxygen atoms in total. The molecule has 1 rings (SSSR count). The number of aliphatic hydroxyl groups is 1. The Bertz CT molecular complexity index is 444. The quantitative estimate of drug-likeness (QED) is 0.630. The molecule has 0 atom stereocenters. The van der Waals surface area contributed by atoms with E-state index in [9.17, 15) is 4.39 Å². The molecule has 0 aliphatic heterocycles. The van der Waals surface area contributed by atoms with Crippen molar-refractivity contribution in [3.63, 3.8) is 0 Å². The molecule has 0 saturated carbocycles. The van der Waals surface area contributed by atoms with Crippen LogP contribution in [0.25, 0.3) is 0 Å². The standard InChI is InChI=1S/C16H21FO2/c1-13(2)6-5-9-19-16-11-14(7-3-4-8-18)10-15(17)12-16/h10-13,18H,4-6,8-9H2,1-2H3. The molecule has 0 aliphatic carbocycles. The van der Waals surface area contributed by atoms with Gasteiger partial charge in [-0.05, 0) is 30.9 Å². The Labute approximate surface area is 114 Å². The number of hydrogen-bond acceptors (Lipinski definition) is 2. The average Bonchev–Trinajstić information content (AvgIpc) is 2.34. The molecule has 3 heteroatoms. The van der Waals surface area contributed by atoms with Gasteiger partial charge in [0.15, 0.2) is 0 Å². The summed E-state index contributed by atoms with van der Waals surface area (Å²) >= 11 is 0. The van der Waals surface area contributed by atoms with Gasteiger partial charge in [-0.15, -0.1) is 0 Å². The lowest BCUT2D eigenvalue weighted by Gasteiger charge is -2.08. The Morgan fingerprint density at radius 3 is 2.79 bits per heavy atom. The number of hydrogen-bond donors (Lipinski definition) is 1. The van der Waals surface area contributed by atoms with E-state index in [0.717, 1.165) is 12.8 Å². The minimum Gasteiger partial charge on any atom is -0.493 e. The second kappa shape index (κ2) is 8.55. The van der Waals surface area contributed by atoms with Crippen molar-refractivity contribution in [3.8, 4) is 17.6 Å². The zero-order valence-electron chi connectivity index (χ0n) is 11.6. The van der Waals surface area contributed by atoms with Crippen LogP contribution < -0.4 is 4.74 Å². The Morgan fingerprint density at radius 1 is 1.32 bits per heavy atom. The average molecular weight is 264 g/mol. The molecule has 0 unspecified atom stereocenters. The van der Waals surface area contributed by atoms with E-state index in [0.29, 0.717) is 30.3 Å². The maximum Gasteiger partial charge on any atom is 0.128 e. The van der Waals surface area contributed by atoms with Crippen LogP contribution in [0.1, 0.15) is 38.7 Å². The van der Waals surface area contributed by atoms with E-state index in [2.05, 4.69) is 25.7 Å². The van der Waals surface area contributed by atoms with Crippen molar-refractivity contribution in [2.45, 2.75) is 33.1 Å². The molecule has 0 amide bonds. The van der Waals surface area contributed by atoms with Crippen molar-refractivity contribution in [2.24, 2.45) is 5.92 Å². The normalized spacial score (nSPS) is 10.2. The van der Waals surface area contributed by atoms with E-state index in [1.165, 1.54) is 12.1 Å². The van der Waals surface area contributed by atoms with Crippen molar-refractivity contribution < 1.29 is 14.2 Å². The molecule has 0 bridgehead atoms. The summed E-state index contributed by atoms with van der Waals surface area (Å²) in [7, 11) is 0. The van der Waals surface area contributed by atoms with Gasteiger partial charge in [-0.2, -0.15) is 0 Å². The maximum absolute atomic E-state index is 13.4. The molecule has 19 heavy (non-hydrogen) atoms. The predicted octanol–water partition coefficient (Wildman–Crippen LogP) is 3.37. The fraction of sp³-hybridized carbons (Fsp3) is 0.500. The third-order valence-corrected chi connectivity index (χ3v) is 2.54. The van der Waals surface area contributed by atoms with Crippen molar-refractivity contribution >= 4 is 0 Å². The highest BCUT2D eigenvalue weighted by Crippen LogP contribution is 2.16. The second-order valence-electron chi connectivity index (χ2n) is 4.84. The molecule has 0 aliphatic rings. The number of rotatable bonds is 6. The molecule has 104 valence electrons. The van der Waals surface area contributed by atoms with E-state index in [1.807, 2.05) is 0 Å². The first-order chi connectivity index (χ1) is 9.11. The van der Waals surface area contributed by atoms with E-state index < -0.39 is 0 Å². The van der Waals surface area contributed by atoms with Gasteiger partial charge in [0.25, 0.3) is 0 Å². The first-order valence-electron chi connectivity index (χ1n) is 6.65. The SMILES string of the molecule is CC(C)CCCOc1cc(F)cc(C#CCCO)c1. The molecule has 0 aromatic heterocycles. The molecule has 0 saturated heterocycles. The minimum atomic E-state index is -0.352. The Balaban J connectivity index is 2.56. The smallest absolute Gasteiger partial charge is 0.128 e. The highest BCUT2D eigenvalue weighted by Gasteiger charge is 2.01. The topological polar surface area (TPSA) is 29.5 Å². The van der Waals surface area contributed by atoms with Gasteiger partial charge in [0.1, 0.15) is 11.6 Å². The monoisotopic (exact) mass is 264 g/mol. The number of benzene rings is 1. The summed E-state index contributed by atoms with van der Waals surface area (Å²) in [5.74, 6) is 6.38. The molecular weight excluding hydrogens is 243 g/mol. The Kier molecular flexibility index (Phi) is 6.99. The third kappa shape index (κ3) is 6.83. The molecule has 0 radical (unpaired) electrons. The summed E-state index contributed by atoms with van der Waals surface area (Å²) in [5, 5.41) is 8.64. The Hall–Kier alpha value is -1.53.